The number of esters is 1. The van der Waals surface area contributed by atoms with Crippen LogP contribution in [0.1, 0.15) is 38.5 Å². The zero-order valence-electron chi connectivity index (χ0n) is 17.0. The Kier molecular flexibility index (Phi) is 22.6. The van der Waals surface area contributed by atoms with E-state index in [2.05, 4.69) is 5.32 Å². The summed E-state index contributed by atoms with van der Waals surface area (Å²) in [6.07, 6.45) is 4.88. The molecule has 8 heteroatoms. The number of nitrogens with two attached hydrogens (primary N) is 1. The minimum Gasteiger partial charge on any atom is -0.466 e. The van der Waals surface area contributed by atoms with E-state index >= 15 is 0 Å². The number of hydrogen-bond donors (Lipinski definition) is 2. The summed E-state index contributed by atoms with van der Waals surface area (Å²) in [7, 11) is 1.67. The molecule has 0 heterocycles. The fourth-order valence-electron chi connectivity index (χ4n) is 2.14. The first kappa shape index (κ1) is 26.2. The van der Waals surface area contributed by atoms with Crippen molar-refractivity contribution in [3.8, 4) is 0 Å². The monoisotopic (exact) mass is 392 g/mol. The molecular weight excluding hydrogens is 352 g/mol. The van der Waals surface area contributed by atoms with E-state index < -0.39 is 0 Å². The lowest BCUT2D eigenvalue weighted by atomic mass is 10.3. The Labute approximate surface area is 164 Å². The van der Waals surface area contributed by atoms with Gasteiger partial charge in [0.25, 0.3) is 0 Å². The predicted octanol–water partition coefficient (Wildman–Crippen LogP) is 1.11. The molecule has 162 valence electrons. The number of rotatable bonds is 22. The molecule has 3 N–H and O–H groups in total. The summed E-state index contributed by atoms with van der Waals surface area (Å²) >= 11 is 0. The number of methoxy groups -OCH3 is 1. The maximum absolute atomic E-state index is 11.5. The van der Waals surface area contributed by atoms with Crippen molar-refractivity contribution in [1.29, 1.82) is 0 Å². The molecule has 0 bridgehead atoms. The van der Waals surface area contributed by atoms with Crippen LogP contribution in [0.25, 0.3) is 0 Å². The number of ether oxygens (including phenoxy) is 5. The standard InChI is InChI=1S/C19H40N2O6/c1-23-11-2-3-17-27-19(22)7-10-21-9-4-12-24-13-5-14-25-15-6-16-26-18-8-20/h21H,2-18,20H2,1H3. The summed E-state index contributed by atoms with van der Waals surface area (Å²) in [6.45, 7) is 7.38. The van der Waals surface area contributed by atoms with E-state index in [-0.39, 0.29) is 5.97 Å². The third-order valence-corrected chi connectivity index (χ3v) is 3.57. The highest BCUT2D eigenvalue weighted by Gasteiger charge is 2.01. The van der Waals surface area contributed by atoms with Crippen molar-refractivity contribution >= 4 is 5.97 Å². The minimum absolute atomic E-state index is 0.151. The normalized spacial score (nSPS) is 11.0. The van der Waals surface area contributed by atoms with Crippen molar-refractivity contribution in [2.24, 2.45) is 5.73 Å². The van der Waals surface area contributed by atoms with Gasteiger partial charge in [-0.2, -0.15) is 0 Å². The van der Waals surface area contributed by atoms with Crippen LogP contribution >= 0.6 is 0 Å². The van der Waals surface area contributed by atoms with E-state index in [1.165, 1.54) is 0 Å². The minimum atomic E-state index is -0.151. The first-order valence-corrected chi connectivity index (χ1v) is 10.1. The largest absolute Gasteiger partial charge is 0.466 e. The second-order valence-corrected chi connectivity index (χ2v) is 6.11. The van der Waals surface area contributed by atoms with Crippen LogP contribution in [0.3, 0.4) is 0 Å². The van der Waals surface area contributed by atoms with Crippen LogP contribution in [0.15, 0.2) is 0 Å². The van der Waals surface area contributed by atoms with E-state index in [0.717, 1.165) is 38.6 Å². The molecule has 0 unspecified atom stereocenters. The lowest BCUT2D eigenvalue weighted by Gasteiger charge is -2.07. The average Bonchev–Trinajstić information content (AvgIpc) is 2.67. The van der Waals surface area contributed by atoms with Crippen LogP contribution in [-0.2, 0) is 28.5 Å². The molecule has 0 aromatic heterocycles. The van der Waals surface area contributed by atoms with Gasteiger partial charge in [0.15, 0.2) is 0 Å². The molecule has 0 aliphatic heterocycles. The van der Waals surface area contributed by atoms with Gasteiger partial charge in [0, 0.05) is 59.8 Å². The Balaban J connectivity index is 3.09. The van der Waals surface area contributed by atoms with Crippen molar-refractivity contribution in [2.45, 2.75) is 38.5 Å². The van der Waals surface area contributed by atoms with Gasteiger partial charge in [0.1, 0.15) is 0 Å². The molecular formula is C19H40N2O6. The van der Waals surface area contributed by atoms with Crippen LogP contribution in [0.2, 0.25) is 0 Å². The van der Waals surface area contributed by atoms with E-state index in [1.807, 2.05) is 0 Å². The Morgan fingerprint density at radius 3 is 1.96 bits per heavy atom. The summed E-state index contributed by atoms with van der Waals surface area (Å²) in [5.74, 6) is -0.151. The highest BCUT2D eigenvalue weighted by molar-refractivity contribution is 5.69. The van der Waals surface area contributed by atoms with Gasteiger partial charge in [-0.15, -0.1) is 0 Å². The third-order valence-electron chi connectivity index (χ3n) is 3.57. The lowest BCUT2D eigenvalue weighted by molar-refractivity contribution is -0.143. The maximum Gasteiger partial charge on any atom is 0.307 e. The Bertz CT molecular complexity index is 308. The summed E-state index contributed by atoms with van der Waals surface area (Å²) in [6, 6.07) is 0. The SMILES string of the molecule is COCCCCOC(=O)CCNCCCOCCCOCCCOCCN. The number of nitrogens with one attached hydrogen (secondary N) is 1. The smallest absolute Gasteiger partial charge is 0.307 e. The second kappa shape index (κ2) is 23.3. The van der Waals surface area contributed by atoms with E-state index in [9.17, 15) is 4.79 Å². The molecule has 0 aliphatic carbocycles. The zero-order chi connectivity index (χ0) is 19.8. The van der Waals surface area contributed by atoms with Crippen molar-refractivity contribution in [1.82, 2.24) is 5.32 Å². The number of carbonyl (C=O) groups is 1. The van der Waals surface area contributed by atoms with Gasteiger partial charge >= 0.3 is 5.97 Å². The Morgan fingerprint density at radius 1 is 0.741 bits per heavy atom. The number of unbranched alkanes of at least 4 members (excludes halogenated alkanes) is 1. The van der Waals surface area contributed by atoms with Crippen LogP contribution in [0.5, 0.6) is 0 Å². The fraction of sp³-hybridized carbons (Fsp3) is 0.947. The van der Waals surface area contributed by atoms with Crippen molar-refractivity contribution < 1.29 is 28.5 Å². The number of carbonyl (C=O) groups excluding carboxylic acids is 1. The van der Waals surface area contributed by atoms with Gasteiger partial charge < -0.3 is 34.7 Å². The summed E-state index contributed by atoms with van der Waals surface area (Å²) < 4.78 is 26.4. The molecule has 0 saturated carbocycles. The van der Waals surface area contributed by atoms with Gasteiger partial charge in [-0.3, -0.25) is 4.79 Å². The first-order valence-electron chi connectivity index (χ1n) is 10.1. The van der Waals surface area contributed by atoms with Crippen molar-refractivity contribution in [3.05, 3.63) is 0 Å². The molecule has 0 aliphatic rings. The highest BCUT2D eigenvalue weighted by Crippen LogP contribution is 1.93. The summed E-state index contributed by atoms with van der Waals surface area (Å²) in [4.78, 5) is 11.5. The summed E-state index contributed by atoms with van der Waals surface area (Å²) in [5.41, 5.74) is 5.33. The van der Waals surface area contributed by atoms with Gasteiger partial charge in [0.2, 0.25) is 0 Å². The van der Waals surface area contributed by atoms with Crippen LogP contribution < -0.4 is 11.1 Å². The maximum atomic E-state index is 11.5. The molecule has 0 radical (unpaired) electrons. The molecule has 8 nitrogen and oxygen atoms in total. The molecule has 0 amide bonds. The fourth-order valence-corrected chi connectivity index (χ4v) is 2.14. The van der Waals surface area contributed by atoms with Gasteiger partial charge in [-0.1, -0.05) is 0 Å². The van der Waals surface area contributed by atoms with Gasteiger partial charge in [-0.25, -0.2) is 0 Å². The molecule has 0 aromatic carbocycles. The van der Waals surface area contributed by atoms with Crippen molar-refractivity contribution in [3.63, 3.8) is 0 Å². The van der Waals surface area contributed by atoms with E-state index in [4.69, 9.17) is 29.4 Å². The van der Waals surface area contributed by atoms with Crippen LogP contribution in [0.4, 0.5) is 0 Å². The zero-order valence-corrected chi connectivity index (χ0v) is 17.0. The molecule has 27 heavy (non-hydrogen) atoms. The topological polar surface area (TPSA) is 101 Å². The molecule has 0 aromatic rings. The predicted molar refractivity (Wildman–Crippen MR) is 105 cm³/mol. The molecule has 0 spiro atoms. The first-order chi connectivity index (χ1) is 13.3. The summed E-state index contributed by atoms with van der Waals surface area (Å²) in [5, 5.41) is 3.22. The molecule has 0 saturated heterocycles. The Morgan fingerprint density at radius 2 is 1.33 bits per heavy atom. The molecule has 0 atom stereocenters. The van der Waals surface area contributed by atoms with E-state index in [0.29, 0.717) is 72.4 Å². The van der Waals surface area contributed by atoms with Crippen LogP contribution in [0, 0.1) is 0 Å². The second-order valence-electron chi connectivity index (χ2n) is 6.11. The Hall–Kier alpha value is -0.770. The number of hydrogen-bond acceptors (Lipinski definition) is 8. The molecule has 0 rings (SSSR count). The quantitative estimate of drug-likeness (QED) is 0.209. The van der Waals surface area contributed by atoms with Gasteiger partial charge in [-0.05, 0) is 38.6 Å². The van der Waals surface area contributed by atoms with Crippen molar-refractivity contribution in [2.75, 3.05) is 79.6 Å². The highest BCUT2D eigenvalue weighted by atomic mass is 16.5. The average molecular weight is 393 g/mol. The third kappa shape index (κ3) is 23.2. The van der Waals surface area contributed by atoms with Gasteiger partial charge in [0.05, 0.1) is 19.6 Å². The lowest BCUT2D eigenvalue weighted by Crippen LogP contribution is -2.21. The molecule has 0 fully saturated rings. The van der Waals surface area contributed by atoms with E-state index in [1.54, 1.807) is 7.11 Å². The van der Waals surface area contributed by atoms with Crippen LogP contribution in [-0.4, -0.2) is 85.6 Å².